The van der Waals surface area contributed by atoms with E-state index in [-0.39, 0.29) is 5.97 Å². The Morgan fingerprint density at radius 2 is 2.55 bits per heavy atom. The first-order valence-corrected chi connectivity index (χ1v) is 4.00. The summed E-state index contributed by atoms with van der Waals surface area (Å²) in [5.74, 6) is -0.321. The third-order valence-corrected chi connectivity index (χ3v) is 1.97. The van der Waals surface area contributed by atoms with E-state index in [4.69, 9.17) is 0 Å². The number of hydrogen-bond donors (Lipinski definition) is 0. The SMILES string of the molecule is COC(=O)C=Cc1cccs1. The van der Waals surface area contributed by atoms with Crippen LogP contribution in [0.2, 0.25) is 0 Å². The van der Waals surface area contributed by atoms with Gasteiger partial charge >= 0.3 is 5.97 Å². The van der Waals surface area contributed by atoms with Crippen molar-refractivity contribution in [3.05, 3.63) is 28.5 Å². The minimum atomic E-state index is -0.321. The summed E-state index contributed by atoms with van der Waals surface area (Å²) in [6, 6.07) is 3.87. The van der Waals surface area contributed by atoms with Gasteiger partial charge in [-0.2, -0.15) is 0 Å². The molecule has 0 aliphatic carbocycles. The summed E-state index contributed by atoms with van der Waals surface area (Å²) >= 11 is 1.58. The van der Waals surface area contributed by atoms with Gasteiger partial charge in [0.2, 0.25) is 0 Å². The quantitative estimate of drug-likeness (QED) is 0.498. The molecule has 1 aromatic heterocycles. The van der Waals surface area contributed by atoms with Gasteiger partial charge in [0, 0.05) is 11.0 Å². The highest BCUT2D eigenvalue weighted by atomic mass is 32.1. The van der Waals surface area contributed by atoms with Crippen LogP contribution in [0.4, 0.5) is 0 Å². The van der Waals surface area contributed by atoms with Crippen LogP contribution in [0, 0.1) is 0 Å². The molecule has 1 rings (SSSR count). The Hall–Kier alpha value is -1.09. The van der Waals surface area contributed by atoms with Crippen LogP contribution in [0.15, 0.2) is 23.6 Å². The minimum absolute atomic E-state index is 0.321. The molecule has 0 spiro atoms. The molecule has 3 heteroatoms. The predicted molar refractivity (Wildman–Crippen MR) is 45.4 cm³/mol. The van der Waals surface area contributed by atoms with E-state index in [1.165, 1.54) is 13.2 Å². The van der Waals surface area contributed by atoms with E-state index < -0.39 is 0 Å². The highest BCUT2D eigenvalue weighted by Gasteiger charge is 1.90. The molecule has 0 aliphatic rings. The molecule has 0 bridgehead atoms. The molecule has 0 N–H and O–H groups in total. The molecular formula is C8H8O2S. The summed E-state index contributed by atoms with van der Waals surface area (Å²) in [6.45, 7) is 0. The molecular weight excluding hydrogens is 160 g/mol. The zero-order valence-electron chi connectivity index (χ0n) is 6.11. The number of thiophene rings is 1. The van der Waals surface area contributed by atoms with Crippen molar-refractivity contribution in [1.29, 1.82) is 0 Å². The summed E-state index contributed by atoms with van der Waals surface area (Å²) in [5.41, 5.74) is 0. The van der Waals surface area contributed by atoms with Crippen LogP contribution >= 0.6 is 11.3 Å². The number of ether oxygens (including phenoxy) is 1. The lowest BCUT2D eigenvalue weighted by Crippen LogP contribution is -1.92. The second-order valence-electron chi connectivity index (χ2n) is 1.87. The van der Waals surface area contributed by atoms with Crippen molar-refractivity contribution in [1.82, 2.24) is 0 Å². The van der Waals surface area contributed by atoms with Crippen molar-refractivity contribution < 1.29 is 9.53 Å². The Balaban J connectivity index is 2.55. The maximum atomic E-state index is 10.6. The van der Waals surface area contributed by atoms with Gasteiger partial charge in [0.15, 0.2) is 0 Å². The molecule has 0 saturated carbocycles. The number of methoxy groups -OCH3 is 1. The van der Waals surface area contributed by atoms with Gasteiger partial charge < -0.3 is 4.74 Å². The van der Waals surface area contributed by atoms with Gasteiger partial charge in [-0.1, -0.05) is 6.07 Å². The van der Waals surface area contributed by atoms with Crippen LogP contribution in [0.3, 0.4) is 0 Å². The molecule has 58 valence electrons. The Morgan fingerprint density at radius 1 is 1.73 bits per heavy atom. The molecule has 2 nitrogen and oxygen atoms in total. The van der Waals surface area contributed by atoms with Crippen LogP contribution in [0.1, 0.15) is 4.88 Å². The van der Waals surface area contributed by atoms with E-state index in [9.17, 15) is 4.79 Å². The van der Waals surface area contributed by atoms with E-state index >= 15 is 0 Å². The molecule has 1 heterocycles. The number of carbonyl (C=O) groups is 1. The summed E-state index contributed by atoms with van der Waals surface area (Å²) in [5, 5.41) is 1.96. The van der Waals surface area contributed by atoms with Crippen molar-refractivity contribution in [2.45, 2.75) is 0 Å². The molecule has 11 heavy (non-hydrogen) atoms. The topological polar surface area (TPSA) is 26.3 Å². The Kier molecular flexibility index (Phi) is 2.86. The van der Waals surface area contributed by atoms with Crippen LogP contribution < -0.4 is 0 Å². The van der Waals surface area contributed by atoms with Crippen molar-refractivity contribution in [2.24, 2.45) is 0 Å². The molecule has 1 aromatic rings. The average molecular weight is 168 g/mol. The highest BCUT2D eigenvalue weighted by Crippen LogP contribution is 2.09. The molecule has 0 amide bonds. The Labute approximate surface area is 69.1 Å². The number of carbonyl (C=O) groups excluding carboxylic acids is 1. The fourth-order valence-corrected chi connectivity index (χ4v) is 1.22. The first-order chi connectivity index (χ1) is 5.33. The van der Waals surface area contributed by atoms with Crippen molar-refractivity contribution in [3.8, 4) is 0 Å². The molecule has 0 saturated heterocycles. The summed E-state index contributed by atoms with van der Waals surface area (Å²) < 4.78 is 4.43. The summed E-state index contributed by atoms with van der Waals surface area (Å²) in [6.07, 6.45) is 3.14. The molecule has 0 unspecified atom stereocenters. The van der Waals surface area contributed by atoms with Crippen LogP contribution in [-0.2, 0) is 9.53 Å². The fourth-order valence-electron chi connectivity index (χ4n) is 0.604. The van der Waals surface area contributed by atoms with Gasteiger partial charge in [0.05, 0.1) is 7.11 Å². The number of hydrogen-bond acceptors (Lipinski definition) is 3. The third kappa shape index (κ3) is 2.55. The van der Waals surface area contributed by atoms with Crippen molar-refractivity contribution in [2.75, 3.05) is 7.11 Å². The second-order valence-corrected chi connectivity index (χ2v) is 2.85. The molecule has 0 aromatic carbocycles. The lowest BCUT2D eigenvalue weighted by atomic mass is 10.4. The van der Waals surface area contributed by atoms with Crippen LogP contribution in [0.5, 0.6) is 0 Å². The maximum absolute atomic E-state index is 10.6. The number of rotatable bonds is 2. The van der Waals surface area contributed by atoms with Gasteiger partial charge in [-0.3, -0.25) is 0 Å². The predicted octanol–water partition coefficient (Wildman–Crippen LogP) is 1.93. The van der Waals surface area contributed by atoms with Crippen molar-refractivity contribution >= 4 is 23.4 Å². The lowest BCUT2D eigenvalue weighted by molar-refractivity contribution is -0.134. The van der Waals surface area contributed by atoms with Gasteiger partial charge in [0.25, 0.3) is 0 Å². The van der Waals surface area contributed by atoms with Gasteiger partial charge in [0.1, 0.15) is 0 Å². The summed E-state index contributed by atoms with van der Waals surface area (Å²) in [4.78, 5) is 11.7. The van der Waals surface area contributed by atoms with Crippen molar-refractivity contribution in [3.63, 3.8) is 0 Å². The smallest absolute Gasteiger partial charge is 0.330 e. The number of esters is 1. The van der Waals surface area contributed by atoms with Gasteiger partial charge in [-0.15, -0.1) is 11.3 Å². The van der Waals surface area contributed by atoms with E-state index in [0.717, 1.165) is 4.88 Å². The zero-order valence-corrected chi connectivity index (χ0v) is 6.93. The largest absolute Gasteiger partial charge is 0.466 e. The normalized spacial score (nSPS) is 10.3. The minimum Gasteiger partial charge on any atom is -0.466 e. The Bertz CT molecular complexity index is 249. The monoisotopic (exact) mass is 168 g/mol. The highest BCUT2D eigenvalue weighted by molar-refractivity contribution is 7.10. The first-order valence-electron chi connectivity index (χ1n) is 3.12. The second kappa shape index (κ2) is 3.93. The van der Waals surface area contributed by atoms with E-state index in [0.29, 0.717) is 0 Å². The van der Waals surface area contributed by atoms with Crippen LogP contribution in [0.25, 0.3) is 6.08 Å². The molecule has 0 fully saturated rings. The Morgan fingerprint density at radius 3 is 3.09 bits per heavy atom. The first kappa shape index (κ1) is 8.01. The lowest BCUT2D eigenvalue weighted by Gasteiger charge is -1.87. The molecule has 0 atom stereocenters. The summed E-state index contributed by atoms with van der Waals surface area (Å²) in [7, 11) is 1.36. The molecule has 0 radical (unpaired) electrons. The van der Waals surface area contributed by atoms with E-state index in [1.54, 1.807) is 17.4 Å². The average Bonchev–Trinajstić information content (AvgIpc) is 2.52. The van der Waals surface area contributed by atoms with E-state index in [2.05, 4.69) is 4.74 Å². The zero-order chi connectivity index (χ0) is 8.10. The van der Waals surface area contributed by atoms with E-state index in [1.807, 2.05) is 17.5 Å². The third-order valence-electron chi connectivity index (χ3n) is 1.13. The fraction of sp³-hybridized carbons (Fsp3) is 0.125. The van der Waals surface area contributed by atoms with Gasteiger partial charge in [-0.05, 0) is 17.5 Å². The van der Waals surface area contributed by atoms with Gasteiger partial charge in [-0.25, -0.2) is 4.79 Å². The van der Waals surface area contributed by atoms with Crippen LogP contribution in [-0.4, -0.2) is 13.1 Å². The standard InChI is InChI=1S/C8H8O2S/c1-10-8(9)5-4-7-3-2-6-11-7/h2-6H,1H3. The molecule has 0 aliphatic heterocycles. The maximum Gasteiger partial charge on any atom is 0.330 e.